The minimum atomic E-state index is -0.375. The molecule has 0 heterocycles. The molecule has 0 N–H and O–H groups in total. The molecule has 18 heavy (non-hydrogen) atoms. The predicted molar refractivity (Wildman–Crippen MR) is 72.9 cm³/mol. The van der Waals surface area contributed by atoms with Crippen molar-refractivity contribution in [3.05, 3.63) is 33.9 Å². The maximum Gasteiger partial charge on any atom is 0.316 e. The SMILES string of the molecule is COC(=O)C1(c2c(C)c(C)cc(C)c2C)CCC1. The highest BCUT2D eigenvalue weighted by atomic mass is 16.5. The molecule has 98 valence electrons. The summed E-state index contributed by atoms with van der Waals surface area (Å²) >= 11 is 0. The molecule has 2 nitrogen and oxygen atoms in total. The summed E-state index contributed by atoms with van der Waals surface area (Å²) in [5.41, 5.74) is 5.88. The molecule has 2 heteroatoms. The van der Waals surface area contributed by atoms with Gasteiger partial charge in [-0.05, 0) is 68.4 Å². The van der Waals surface area contributed by atoms with E-state index in [1.165, 1.54) is 34.9 Å². The van der Waals surface area contributed by atoms with Gasteiger partial charge in [-0.15, -0.1) is 0 Å². The van der Waals surface area contributed by atoms with Crippen molar-refractivity contribution in [1.29, 1.82) is 0 Å². The summed E-state index contributed by atoms with van der Waals surface area (Å²) in [5.74, 6) is -0.0649. The van der Waals surface area contributed by atoms with Crippen molar-refractivity contribution in [3.8, 4) is 0 Å². The molecule has 1 aliphatic carbocycles. The van der Waals surface area contributed by atoms with Gasteiger partial charge in [0.25, 0.3) is 0 Å². The van der Waals surface area contributed by atoms with E-state index in [9.17, 15) is 4.79 Å². The smallest absolute Gasteiger partial charge is 0.316 e. The Hall–Kier alpha value is -1.31. The lowest BCUT2D eigenvalue weighted by atomic mass is 9.61. The summed E-state index contributed by atoms with van der Waals surface area (Å²) in [5, 5.41) is 0. The zero-order chi connectivity index (χ0) is 13.5. The molecular formula is C16H22O2. The molecule has 0 amide bonds. The zero-order valence-electron chi connectivity index (χ0n) is 12.0. The molecule has 0 spiro atoms. The second-order valence-electron chi connectivity index (χ2n) is 5.56. The monoisotopic (exact) mass is 246 g/mol. The average molecular weight is 246 g/mol. The molecule has 1 aromatic rings. The van der Waals surface area contributed by atoms with Crippen LogP contribution in [0, 0.1) is 27.7 Å². The van der Waals surface area contributed by atoms with E-state index in [-0.39, 0.29) is 11.4 Å². The number of carbonyl (C=O) groups is 1. The molecule has 0 aromatic heterocycles. The average Bonchev–Trinajstić information content (AvgIpc) is 2.29. The maximum atomic E-state index is 12.2. The Morgan fingerprint density at radius 1 is 1.11 bits per heavy atom. The van der Waals surface area contributed by atoms with E-state index in [4.69, 9.17) is 4.74 Å². The summed E-state index contributed by atoms with van der Waals surface area (Å²) in [6.07, 6.45) is 2.95. The molecule has 1 aliphatic rings. The number of methoxy groups -OCH3 is 1. The van der Waals surface area contributed by atoms with Gasteiger partial charge in [0.05, 0.1) is 12.5 Å². The molecule has 0 unspecified atom stereocenters. The summed E-state index contributed by atoms with van der Waals surface area (Å²) in [7, 11) is 1.50. The highest BCUT2D eigenvalue weighted by molar-refractivity contribution is 5.85. The third-order valence-corrected chi connectivity index (χ3v) is 4.63. The quantitative estimate of drug-likeness (QED) is 0.746. The van der Waals surface area contributed by atoms with Gasteiger partial charge in [-0.3, -0.25) is 4.79 Å². The van der Waals surface area contributed by atoms with Crippen LogP contribution in [0.1, 0.15) is 47.1 Å². The van der Waals surface area contributed by atoms with Gasteiger partial charge in [-0.1, -0.05) is 12.5 Å². The Labute approximate surface area is 109 Å². The number of hydrogen-bond acceptors (Lipinski definition) is 2. The second-order valence-corrected chi connectivity index (χ2v) is 5.56. The Morgan fingerprint density at radius 2 is 1.61 bits per heavy atom. The maximum absolute atomic E-state index is 12.2. The minimum Gasteiger partial charge on any atom is -0.468 e. The predicted octanol–water partition coefficient (Wildman–Crippen LogP) is 3.51. The molecule has 1 fully saturated rings. The summed E-state index contributed by atoms with van der Waals surface area (Å²) in [6, 6.07) is 2.21. The lowest BCUT2D eigenvalue weighted by Crippen LogP contribution is -2.44. The normalized spacial score (nSPS) is 17.2. The number of esters is 1. The van der Waals surface area contributed by atoms with Crippen LogP contribution in [0.4, 0.5) is 0 Å². The van der Waals surface area contributed by atoms with Crippen molar-refractivity contribution in [3.63, 3.8) is 0 Å². The van der Waals surface area contributed by atoms with Crippen LogP contribution >= 0.6 is 0 Å². The standard InChI is InChI=1S/C16H22O2/c1-10-9-11(2)13(4)14(12(10)3)16(7-6-8-16)15(17)18-5/h9H,6-8H2,1-5H3. The van der Waals surface area contributed by atoms with Crippen molar-refractivity contribution in [2.75, 3.05) is 7.11 Å². The first kappa shape index (κ1) is 13.1. The van der Waals surface area contributed by atoms with Crippen LogP contribution in [0.15, 0.2) is 6.07 Å². The van der Waals surface area contributed by atoms with Gasteiger partial charge in [0.1, 0.15) is 0 Å². The summed E-state index contributed by atoms with van der Waals surface area (Å²) < 4.78 is 5.06. The lowest BCUT2D eigenvalue weighted by molar-refractivity contribution is -0.151. The first-order chi connectivity index (χ1) is 8.44. The molecular weight excluding hydrogens is 224 g/mol. The summed E-state index contributed by atoms with van der Waals surface area (Å²) in [4.78, 5) is 12.2. The van der Waals surface area contributed by atoms with Crippen molar-refractivity contribution in [2.24, 2.45) is 0 Å². The van der Waals surface area contributed by atoms with E-state index in [2.05, 4.69) is 33.8 Å². The molecule has 0 radical (unpaired) electrons. The zero-order valence-corrected chi connectivity index (χ0v) is 12.0. The number of hydrogen-bond donors (Lipinski definition) is 0. The lowest BCUT2D eigenvalue weighted by Gasteiger charge is -2.42. The van der Waals surface area contributed by atoms with Crippen LogP contribution in [0.2, 0.25) is 0 Å². The number of carbonyl (C=O) groups excluding carboxylic acids is 1. The molecule has 1 saturated carbocycles. The molecule has 0 aliphatic heterocycles. The third-order valence-electron chi connectivity index (χ3n) is 4.63. The van der Waals surface area contributed by atoms with Crippen LogP contribution < -0.4 is 0 Å². The van der Waals surface area contributed by atoms with Crippen LogP contribution in [0.25, 0.3) is 0 Å². The van der Waals surface area contributed by atoms with Gasteiger partial charge >= 0.3 is 5.97 Å². The van der Waals surface area contributed by atoms with E-state index in [0.717, 1.165) is 19.3 Å². The van der Waals surface area contributed by atoms with Crippen LogP contribution in [0.3, 0.4) is 0 Å². The van der Waals surface area contributed by atoms with E-state index < -0.39 is 0 Å². The fourth-order valence-electron chi connectivity index (χ4n) is 3.22. The Bertz CT molecular complexity index is 470. The van der Waals surface area contributed by atoms with Gasteiger partial charge in [0.2, 0.25) is 0 Å². The van der Waals surface area contributed by atoms with Crippen LogP contribution in [0.5, 0.6) is 0 Å². The highest BCUT2D eigenvalue weighted by Gasteiger charge is 2.48. The molecule has 0 saturated heterocycles. The first-order valence-electron chi connectivity index (χ1n) is 6.60. The second kappa shape index (κ2) is 4.42. The number of rotatable bonds is 2. The van der Waals surface area contributed by atoms with Crippen LogP contribution in [-0.4, -0.2) is 13.1 Å². The van der Waals surface area contributed by atoms with Crippen molar-refractivity contribution >= 4 is 5.97 Å². The van der Waals surface area contributed by atoms with Crippen LogP contribution in [-0.2, 0) is 14.9 Å². The van der Waals surface area contributed by atoms with E-state index >= 15 is 0 Å². The highest BCUT2D eigenvalue weighted by Crippen LogP contribution is 2.48. The van der Waals surface area contributed by atoms with Gasteiger partial charge < -0.3 is 4.74 Å². The van der Waals surface area contributed by atoms with Crippen molar-refractivity contribution < 1.29 is 9.53 Å². The Morgan fingerprint density at radius 3 is 1.94 bits per heavy atom. The van der Waals surface area contributed by atoms with E-state index in [1.807, 2.05) is 0 Å². The van der Waals surface area contributed by atoms with Gasteiger partial charge in [-0.2, -0.15) is 0 Å². The minimum absolute atomic E-state index is 0.0649. The largest absolute Gasteiger partial charge is 0.468 e. The van der Waals surface area contributed by atoms with Gasteiger partial charge in [-0.25, -0.2) is 0 Å². The number of ether oxygens (including phenoxy) is 1. The topological polar surface area (TPSA) is 26.3 Å². The Kier molecular flexibility index (Phi) is 3.22. The fourth-order valence-corrected chi connectivity index (χ4v) is 3.22. The van der Waals surface area contributed by atoms with Crippen molar-refractivity contribution in [2.45, 2.75) is 52.4 Å². The number of benzene rings is 1. The molecule has 2 rings (SSSR count). The molecule has 1 aromatic carbocycles. The fraction of sp³-hybridized carbons (Fsp3) is 0.562. The number of aryl methyl sites for hydroxylation is 2. The van der Waals surface area contributed by atoms with Gasteiger partial charge in [0.15, 0.2) is 0 Å². The summed E-state index contributed by atoms with van der Waals surface area (Å²) in [6.45, 7) is 8.49. The van der Waals surface area contributed by atoms with Crippen molar-refractivity contribution in [1.82, 2.24) is 0 Å². The Balaban J connectivity index is 2.66. The first-order valence-corrected chi connectivity index (χ1v) is 6.60. The van der Waals surface area contributed by atoms with E-state index in [0.29, 0.717) is 0 Å². The molecule has 0 atom stereocenters. The van der Waals surface area contributed by atoms with Gasteiger partial charge in [0, 0.05) is 0 Å². The molecule has 0 bridgehead atoms. The third kappa shape index (κ3) is 1.66. The van der Waals surface area contributed by atoms with E-state index in [1.54, 1.807) is 0 Å².